The van der Waals surface area contributed by atoms with Crippen molar-refractivity contribution in [1.82, 2.24) is 0 Å². The maximum absolute atomic E-state index is 9.06. The molecule has 0 aromatic heterocycles. The number of hydrogen-bond donors (Lipinski definition) is 2. The van der Waals surface area contributed by atoms with Crippen LogP contribution in [0.4, 0.5) is 0 Å². The van der Waals surface area contributed by atoms with Gasteiger partial charge in [0.25, 0.3) is 0 Å². The van der Waals surface area contributed by atoms with Gasteiger partial charge in [0.2, 0.25) is 0 Å². The number of aliphatic hydroxyl groups excluding tert-OH is 1. The van der Waals surface area contributed by atoms with E-state index in [1.807, 2.05) is 0 Å². The summed E-state index contributed by atoms with van der Waals surface area (Å²) in [5.74, 6) is 0. The summed E-state index contributed by atoms with van der Waals surface area (Å²) in [6.45, 7) is 0.860. The standard InChI is InChI=1S/C6H12B2O7/c9-5-1-12-8(13-2-5)14-4-6-3-11-7(10)15-6/h5-6,9-10H,1-4H2. The maximum Gasteiger partial charge on any atom is 0.639 e. The lowest BCUT2D eigenvalue weighted by Gasteiger charge is -2.23. The lowest BCUT2D eigenvalue weighted by atomic mass is 10.1. The Morgan fingerprint density at radius 2 is 1.93 bits per heavy atom. The number of rotatable bonds is 3. The summed E-state index contributed by atoms with van der Waals surface area (Å²) < 4.78 is 24.9. The summed E-state index contributed by atoms with van der Waals surface area (Å²) in [5.41, 5.74) is 0. The molecule has 0 spiro atoms. The van der Waals surface area contributed by atoms with E-state index in [4.69, 9.17) is 33.4 Å². The predicted octanol–water partition coefficient (Wildman–Crippen LogP) is -2.21. The van der Waals surface area contributed by atoms with Gasteiger partial charge in [-0.15, -0.1) is 0 Å². The van der Waals surface area contributed by atoms with Crippen molar-refractivity contribution < 1.29 is 33.4 Å². The van der Waals surface area contributed by atoms with Crippen LogP contribution in [-0.4, -0.2) is 63.4 Å². The fraction of sp³-hybridized carbons (Fsp3) is 1.00. The molecule has 0 amide bonds. The fourth-order valence-corrected chi connectivity index (χ4v) is 1.28. The molecule has 15 heavy (non-hydrogen) atoms. The highest BCUT2D eigenvalue weighted by atomic mass is 16.8. The molecule has 84 valence electrons. The zero-order valence-electron chi connectivity index (χ0n) is 8.07. The molecule has 2 aliphatic heterocycles. The lowest BCUT2D eigenvalue weighted by Crippen LogP contribution is -2.42. The van der Waals surface area contributed by atoms with E-state index in [-0.39, 0.29) is 32.5 Å². The lowest BCUT2D eigenvalue weighted by molar-refractivity contribution is -0.0372. The van der Waals surface area contributed by atoms with Gasteiger partial charge in [0, 0.05) is 0 Å². The molecule has 0 bridgehead atoms. The van der Waals surface area contributed by atoms with Crippen LogP contribution in [-0.2, 0) is 23.3 Å². The summed E-state index contributed by atoms with van der Waals surface area (Å²) in [5, 5.41) is 17.9. The SMILES string of the molecule is OB1OCC(COB2OCC(O)CO2)O1. The van der Waals surface area contributed by atoms with Gasteiger partial charge >= 0.3 is 14.6 Å². The van der Waals surface area contributed by atoms with E-state index < -0.39 is 20.7 Å². The van der Waals surface area contributed by atoms with Gasteiger partial charge in [0.1, 0.15) is 0 Å². The molecule has 0 aromatic carbocycles. The first-order valence-corrected chi connectivity index (χ1v) is 4.72. The molecule has 0 saturated carbocycles. The second-order valence-electron chi connectivity index (χ2n) is 3.34. The van der Waals surface area contributed by atoms with Crippen LogP contribution < -0.4 is 0 Å². The summed E-state index contributed by atoms with van der Waals surface area (Å²) >= 11 is 0. The maximum atomic E-state index is 9.06. The number of hydrogen-bond acceptors (Lipinski definition) is 7. The molecule has 0 aliphatic carbocycles. The molecule has 2 saturated heterocycles. The Morgan fingerprint density at radius 1 is 1.20 bits per heavy atom. The molecule has 0 aromatic rings. The highest BCUT2D eigenvalue weighted by Gasteiger charge is 2.34. The largest absolute Gasteiger partial charge is 0.639 e. The zero-order valence-corrected chi connectivity index (χ0v) is 8.07. The van der Waals surface area contributed by atoms with Crippen LogP contribution >= 0.6 is 0 Å². The molecular weight excluding hydrogens is 206 g/mol. The normalized spacial score (nSPS) is 28.8. The van der Waals surface area contributed by atoms with Crippen molar-refractivity contribution >= 4 is 14.6 Å². The number of aliphatic hydroxyl groups is 1. The van der Waals surface area contributed by atoms with Gasteiger partial charge in [-0.05, 0) is 0 Å². The quantitative estimate of drug-likeness (QED) is 0.519. The van der Waals surface area contributed by atoms with Gasteiger partial charge in [-0.1, -0.05) is 0 Å². The molecule has 1 atom stereocenters. The zero-order chi connectivity index (χ0) is 10.7. The van der Waals surface area contributed by atoms with Crippen molar-refractivity contribution in [2.24, 2.45) is 0 Å². The third kappa shape index (κ3) is 3.42. The molecule has 0 radical (unpaired) electrons. The van der Waals surface area contributed by atoms with Crippen molar-refractivity contribution in [2.75, 3.05) is 26.4 Å². The summed E-state index contributed by atoms with van der Waals surface area (Å²) in [6.07, 6.45) is -0.920. The van der Waals surface area contributed by atoms with Crippen LogP contribution in [0.3, 0.4) is 0 Å². The topological polar surface area (TPSA) is 86.6 Å². The van der Waals surface area contributed by atoms with Crippen LogP contribution in [0.25, 0.3) is 0 Å². The molecular formula is C6H12B2O7. The van der Waals surface area contributed by atoms with E-state index in [1.165, 1.54) is 0 Å². The minimum Gasteiger partial charge on any atom is -0.402 e. The van der Waals surface area contributed by atoms with Crippen molar-refractivity contribution in [3.05, 3.63) is 0 Å². The smallest absolute Gasteiger partial charge is 0.402 e. The van der Waals surface area contributed by atoms with Gasteiger partial charge in [-0.25, -0.2) is 0 Å². The summed E-state index contributed by atoms with van der Waals surface area (Å²) in [4.78, 5) is 0. The minimum absolute atomic E-state index is 0.190. The molecule has 1 unspecified atom stereocenters. The van der Waals surface area contributed by atoms with Crippen LogP contribution in [0.15, 0.2) is 0 Å². The van der Waals surface area contributed by atoms with Crippen molar-refractivity contribution in [1.29, 1.82) is 0 Å². The van der Waals surface area contributed by atoms with E-state index in [9.17, 15) is 0 Å². The Balaban J connectivity index is 1.61. The molecule has 2 fully saturated rings. The van der Waals surface area contributed by atoms with Crippen molar-refractivity contribution in [3.8, 4) is 0 Å². The van der Waals surface area contributed by atoms with Crippen LogP contribution in [0, 0.1) is 0 Å². The van der Waals surface area contributed by atoms with E-state index in [0.29, 0.717) is 0 Å². The molecule has 2 rings (SSSR count). The first kappa shape index (κ1) is 11.3. The first-order chi connectivity index (χ1) is 7.24. The third-order valence-corrected chi connectivity index (χ3v) is 2.00. The van der Waals surface area contributed by atoms with Crippen LogP contribution in [0.1, 0.15) is 0 Å². The molecule has 9 heteroatoms. The van der Waals surface area contributed by atoms with Gasteiger partial charge in [0.15, 0.2) is 0 Å². The molecule has 7 nitrogen and oxygen atoms in total. The highest BCUT2D eigenvalue weighted by molar-refractivity contribution is 6.36. The van der Waals surface area contributed by atoms with Gasteiger partial charge in [-0.3, -0.25) is 0 Å². The monoisotopic (exact) mass is 218 g/mol. The van der Waals surface area contributed by atoms with Crippen LogP contribution in [0.2, 0.25) is 0 Å². The molecule has 2 aliphatic rings. The predicted molar refractivity (Wildman–Crippen MR) is 48.4 cm³/mol. The van der Waals surface area contributed by atoms with E-state index in [2.05, 4.69) is 0 Å². The Hall–Kier alpha value is -0.150. The second kappa shape index (κ2) is 5.26. The van der Waals surface area contributed by atoms with Gasteiger partial charge in [-0.2, -0.15) is 0 Å². The molecule has 2 N–H and O–H groups in total. The van der Waals surface area contributed by atoms with Crippen molar-refractivity contribution in [3.63, 3.8) is 0 Å². The highest BCUT2D eigenvalue weighted by Crippen LogP contribution is 2.09. The summed E-state index contributed by atoms with van der Waals surface area (Å²) in [6, 6.07) is 0. The Morgan fingerprint density at radius 3 is 2.53 bits per heavy atom. The van der Waals surface area contributed by atoms with Crippen LogP contribution in [0.5, 0.6) is 0 Å². The average molecular weight is 218 g/mol. The van der Waals surface area contributed by atoms with E-state index in [1.54, 1.807) is 0 Å². The average Bonchev–Trinajstić information content (AvgIpc) is 2.64. The Kier molecular flexibility index (Phi) is 3.98. The van der Waals surface area contributed by atoms with Gasteiger partial charge in [0.05, 0.1) is 38.6 Å². The molecule has 2 heterocycles. The van der Waals surface area contributed by atoms with E-state index in [0.717, 1.165) is 0 Å². The first-order valence-electron chi connectivity index (χ1n) is 4.72. The second-order valence-corrected chi connectivity index (χ2v) is 3.34. The van der Waals surface area contributed by atoms with Gasteiger partial charge < -0.3 is 33.4 Å². The van der Waals surface area contributed by atoms with E-state index >= 15 is 0 Å². The Labute approximate surface area is 87.6 Å². The fourth-order valence-electron chi connectivity index (χ4n) is 1.28. The van der Waals surface area contributed by atoms with Crippen molar-refractivity contribution in [2.45, 2.75) is 12.2 Å². The Bertz CT molecular complexity index is 198. The minimum atomic E-state index is -1.17. The summed E-state index contributed by atoms with van der Waals surface area (Å²) in [7, 11) is -1.96. The third-order valence-electron chi connectivity index (χ3n) is 2.00.